The smallest absolute Gasteiger partial charge is 0.0869 e. The fourth-order valence-electron chi connectivity index (χ4n) is 5.30. The zero-order chi connectivity index (χ0) is 28.1. The Kier molecular flexibility index (Phi) is 16.4. The maximum atomic E-state index is 11.1. The molecule has 0 aliphatic rings. The van der Waals surface area contributed by atoms with Crippen LogP contribution in [-0.2, 0) is 22.7 Å². The lowest BCUT2D eigenvalue weighted by atomic mass is 9.96. The molecule has 0 saturated carbocycles. The molecule has 0 aliphatic heterocycles. The molecule has 0 spiro atoms. The lowest BCUT2D eigenvalue weighted by Crippen LogP contribution is -2.33. The standard InChI is InChI=1S/C37H52O3/c1-2-3-4-5-6-7-8-9-10-11-21-28-36(39-30-32-22-15-12-16-23-32)37(40-31-33-24-17-13-18-25-33)29-35(38)34-26-19-14-20-27-34/h12-20,22-27,35-38H,2-11,21,28-31H2,1H3. The number of aliphatic hydroxyl groups is 1. The normalized spacial score (nSPS) is 13.7. The zero-order valence-electron chi connectivity index (χ0n) is 24.8. The molecule has 3 aromatic carbocycles. The van der Waals surface area contributed by atoms with E-state index in [1.54, 1.807) is 0 Å². The molecule has 0 aliphatic carbocycles. The van der Waals surface area contributed by atoms with E-state index in [0.717, 1.165) is 29.5 Å². The van der Waals surface area contributed by atoms with Crippen LogP contribution < -0.4 is 0 Å². The number of unbranched alkanes of at least 4 members (excludes halogenated alkanes) is 10. The van der Waals surface area contributed by atoms with Gasteiger partial charge in [0.05, 0.1) is 31.5 Å². The summed E-state index contributed by atoms with van der Waals surface area (Å²) in [6.45, 7) is 3.34. The van der Waals surface area contributed by atoms with Crippen LogP contribution in [0.2, 0.25) is 0 Å². The highest BCUT2D eigenvalue weighted by Crippen LogP contribution is 2.26. The third-order valence-electron chi connectivity index (χ3n) is 7.76. The molecule has 3 atom stereocenters. The number of ether oxygens (including phenoxy) is 2. The Bertz CT molecular complexity index is 976. The van der Waals surface area contributed by atoms with Crippen LogP contribution in [0.1, 0.15) is 113 Å². The van der Waals surface area contributed by atoms with Gasteiger partial charge in [-0.05, 0) is 23.1 Å². The van der Waals surface area contributed by atoms with E-state index in [-0.39, 0.29) is 12.2 Å². The van der Waals surface area contributed by atoms with E-state index in [0.29, 0.717) is 19.6 Å². The Balaban J connectivity index is 1.57. The minimum Gasteiger partial charge on any atom is -0.388 e. The Morgan fingerprint density at radius 1 is 0.525 bits per heavy atom. The first-order chi connectivity index (χ1) is 19.8. The average molecular weight is 545 g/mol. The maximum absolute atomic E-state index is 11.1. The Morgan fingerprint density at radius 3 is 1.45 bits per heavy atom. The summed E-state index contributed by atoms with van der Waals surface area (Å²) < 4.78 is 13.1. The van der Waals surface area contributed by atoms with Crippen LogP contribution in [0, 0.1) is 0 Å². The fourth-order valence-corrected chi connectivity index (χ4v) is 5.30. The molecule has 0 bridgehead atoms. The number of benzene rings is 3. The summed E-state index contributed by atoms with van der Waals surface area (Å²) in [5, 5.41) is 11.1. The van der Waals surface area contributed by atoms with Gasteiger partial charge in [0.25, 0.3) is 0 Å². The van der Waals surface area contributed by atoms with E-state index in [1.165, 1.54) is 64.2 Å². The molecule has 3 rings (SSSR count). The van der Waals surface area contributed by atoms with Crippen LogP contribution in [0.5, 0.6) is 0 Å². The zero-order valence-corrected chi connectivity index (χ0v) is 24.8. The van der Waals surface area contributed by atoms with E-state index in [9.17, 15) is 5.11 Å². The molecule has 0 amide bonds. The third kappa shape index (κ3) is 13.3. The van der Waals surface area contributed by atoms with Gasteiger partial charge in [0.2, 0.25) is 0 Å². The van der Waals surface area contributed by atoms with Crippen molar-refractivity contribution >= 4 is 0 Å². The first-order valence-electron chi connectivity index (χ1n) is 15.8. The van der Waals surface area contributed by atoms with Crippen molar-refractivity contribution in [1.29, 1.82) is 0 Å². The van der Waals surface area contributed by atoms with E-state index >= 15 is 0 Å². The summed E-state index contributed by atoms with van der Waals surface area (Å²) in [5.41, 5.74) is 3.22. The highest BCUT2D eigenvalue weighted by Gasteiger charge is 2.26. The lowest BCUT2D eigenvalue weighted by Gasteiger charge is -2.30. The molecule has 1 N–H and O–H groups in total. The SMILES string of the molecule is CCCCCCCCCCCCCC(OCc1ccccc1)C(CC(O)c1ccccc1)OCc1ccccc1. The van der Waals surface area contributed by atoms with E-state index in [1.807, 2.05) is 54.6 Å². The van der Waals surface area contributed by atoms with Crippen molar-refractivity contribution < 1.29 is 14.6 Å². The molecular weight excluding hydrogens is 492 g/mol. The molecule has 3 nitrogen and oxygen atoms in total. The van der Waals surface area contributed by atoms with Crippen LogP contribution in [-0.4, -0.2) is 17.3 Å². The van der Waals surface area contributed by atoms with Crippen LogP contribution in [0.3, 0.4) is 0 Å². The monoisotopic (exact) mass is 544 g/mol. The van der Waals surface area contributed by atoms with Gasteiger partial charge in [-0.15, -0.1) is 0 Å². The molecule has 218 valence electrons. The first-order valence-corrected chi connectivity index (χ1v) is 15.8. The van der Waals surface area contributed by atoms with Crippen molar-refractivity contribution in [2.75, 3.05) is 0 Å². The molecule has 0 fully saturated rings. The molecule has 0 aromatic heterocycles. The quantitative estimate of drug-likeness (QED) is 0.128. The third-order valence-corrected chi connectivity index (χ3v) is 7.76. The van der Waals surface area contributed by atoms with Gasteiger partial charge in [-0.3, -0.25) is 0 Å². The van der Waals surface area contributed by atoms with Gasteiger partial charge in [0.15, 0.2) is 0 Å². The van der Waals surface area contributed by atoms with Crippen LogP contribution in [0.15, 0.2) is 91.0 Å². The van der Waals surface area contributed by atoms with Crippen molar-refractivity contribution in [2.45, 2.75) is 122 Å². The van der Waals surface area contributed by atoms with Gasteiger partial charge in [-0.25, -0.2) is 0 Å². The van der Waals surface area contributed by atoms with Crippen molar-refractivity contribution in [3.8, 4) is 0 Å². The van der Waals surface area contributed by atoms with Crippen molar-refractivity contribution in [1.82, 2.24) is 0 Å². The van der Waals surface area contributed by atoms with E-state index in [2.05, 4.69) is 43.3 Å². The predicted octanol–water partition coefficient (Wildman–Crippen LogP) is 9.98. The summed E-state index contributed by atoms with van der Waals surface area (Å²) in [5.74, 6) is 0. The topological polar surface area (TPSA) is 38.7 Å². The molecule has 3 aromatic rings. The average Bonchev–Trinajstić information content (AvgIpc) is 3.01. The van der Waals surface area contributed by atoms with Gasteiger partial charge in [0, 0.05) is 6.42 Å². The second-order valence-electron chi connectivity index (χ2n) is 11.2. The highest BCUT2D eigenvalue weighted by molar-refractivity contribution is 5.18. The highest BCUT2D eigenvalue weighted by atomic mass is 16.5. The van der Waals surface area contributed by atoms with E-state index < -0.39 is 6.10 Å². The predicted molar refractivity (Wildman–Crippen MR) is 167 cm³/mol. The van der Waals surface area contributed by atoms with Crippen LogP contribution >= 0.6 is 0 Å². The van der Waals surface area contributed by atoms with Gasteiger partial charge < -0.3 is 14.6 Å². The molecular formula is C37H52O3. The summed E-state index contributed by atoms with van der Waals surface area (Å²) >= 11 is 0. The molecule has 0 saturated heterocycles. The molecule has 40 heavy (non-hydrogen) atoms. The Morgan fingerprint density at radius 2 is 0.950 bits per heavy atom. The number of aliphatic hydroxyl groups excluding tert-OH is 1. The number of rotatable bonds is 22. The minimum atomic E-state index is -0.595. The fraction of sp³-hybridized carbons (Fsp3) is 0.514. The summed E-state index contributed by atoms with van der Waals surface area (Å²) in [4.78, 5) is 0. The molecule has 3 heteroatoms. The van der Waals surface area contributed by atoms with Crippen LogP contribution in [0.4, 0.5) is 0 Å². The number of hydrogen-bond donors (Lipinski definition) is 1. The Labute approximate surface area is 244 Å². The lowest BCUT2D eigenvalue weighted by molar-refractivity contribution is -0.104. The molecule has 0 radical (unpaired) electrons. The maximum Gasteiger partial charge on any atom is 0.0869 e. The van der Waals surface area contributed by atoms with Gasteiger partial charge in [-0.2, -0.15) is 0 Å². The first kappa shape index (κ1) is 32.1. The van der Waals surface area contributed by atoms with Gasteiger partial charge >= 0.3 is 0 Å². The van der Waals surface area contributed by atoms with Crippen molar-refractivity contribution in [3.05, 3.63) is 108 Å². The number of hydrogen-bond acceptors (Lipinski definition) is 3. The van der Waals surface area contributed by atoms with Gasteiger partial charge in [-0.1, -0.05) is 169 Å². The Hall–Kier alpha value is -2.46. The molecule has 0 heterocycles. The summed E-state index contributed by atoms with van der Waals surface area (Å²) in [6.07, 6.45) is 15.1. The van der Waals surface area contributed by atoms with Crippen LogP contribution in [0.25, 0.3) is 0 Å². The second kappa shape index (κ2) is 20.4. The largest absolute Gasteiger partial charge is 0.388 e. The molecule has 3 unspecified atom stereocenters. The van der Waals surface area contributed by atoms with E-state index in [4.69, 9.17) is 9.47 Å². The van der Waals surface area contributed by atoms with Crippen molar-refractivity contribution in [3.63, 3.8) is 0 Å². The second-order valence-corrected chi connectivity index (χ2v) is 11.2. The van der Waals surface area contributed by atoms with Gasteiger partial charge in [0.1, 0.15) is 0 Å². The minimum absolute atomic E-state index is 0.0825. The van der Waals surface area contributed by atoms with Crippen molar-refractivity contribution in [2.24, 2.45) is 0 Å². The summed E-state index contributed by atoms with van der Waals surface area (Å²) in [6, 6.07) is 30.6. The summed E-state index contributed by atoms with van der Waals surface area (Å²) in [7, 11) is 0.